The topological polar surface area (TPSA) is 72.5 Å². The van der Waals surface area contributed by atoms with Crippen LogP contribution in [0.3, 0.4) is 0 Å². The second-order valence-electron chi connectivity index (χ2n) is 5.62. The summed E-state index contributed by atoms with van der Waals surface area (Å²) in [6.45, 7) is 3.26. The van der Waals surface area contributed by atoms with E-state index in [1.54, 1.807) is 36.7 Å². The molecule has 6 nitrogen and oxygen atoms in total. The first-order chi connectivity index (χ1) is 11.8. The molecule has 0 fully saturated rings. The van der Waals surface area contributed by atoms with Gasteiger partial charge in [-0.3, -0.25) is 9.78 Å². The minimum absolute atomic E-state index is 0.210. The van der Waals surface area contributed by atoms with Gasteiger partial charge in [-0.1, -0.05) is 19.8 Å². The van der Waals surface area contributed by atoms with Crippen molar-refractivity contribution in [3.8, 4) is 11.5 Å². The van der Waals surface area contributed by atoms with Crippen LogP contribution in [0.5, 0.6) is 11.5 Å². The number of rotatable bonds is 7. The number of hydrogen-bond acceptors (Lipinski definition) is 5. The largest absolute Gasteiger partial charge is 0.454 e. The number of aromatic nitrogens is 1. The number of benzene rings is 1. The van der Waals surface area contributed by atoms with Crippen LogP contribution in [-0.4, -0.2) is 24.2 Å². The minimum Gasteiger partial charge on any atom is -0.454 e. The molecular weight excluding hydrogens is 306 g/mol. The van der Waals surface area contributed by atoms with Gasteiger partial charge >= 0.3 is 0 Å². The van der Waals surface area contributed by atoms with Crippen molar-refractivity contribution in [2.45, 2.75) is 26.2 Å². The molecule has 2 aromatic rings. The molecule has 1 aliphatic rings. The number of carbonyl (C=O) groups excluding carboxylic acids is 1. The lowest BCUT2D eigenvalue weighted by molar-refractivity contribution is 0.102. The first-order valence-corrected chi connectivity index (χ1v) is 8.16. The van der Waals surface area contributed by atoms with E-state index >= 15 is 0 Å². The van der Waals surface area contributed by atoms with Crippen LogP contribution in [0.15, 0.2) is 36.7 Å². The summed E-state index contributed by atoms with van der Waals surface area (Å²) in [5.41, 5.74) is 2.02. The summed E-state index contributed by atoms with van der Waals surface area (Å²) in [5, 5.41) is 6.14. The Bertz CT molecular complexity index is 718. The lowest BCUT2D eigenvalue weighted by atomic mass is 10.2. The van der Waals surface area contributed by atoms with Crippen molar-refractivity contribution >= 4 is 17.3 Å². The second kappa shape index (κ2) is 7.68. The quantitative estimate of drug-likeness (QED) is 0.759. The Hall–Kier alpha value is -2.76. The lowest BCUT2D eigenvalue weighted by Crippen LogP contribution is -2.13. The van der Waals surface area contributed by atoms with Gasteiger partial charge in [0.1, 0.15) is 0 Å². The van der Waals surface area contributed by atoms with E-state index in [4.69, 9.17) is 9.47 Å². The smallest absolute Gasteiger partial charge is 0.257 e. The summed E-state index contributed by atoms with van der Waals surface area (Å²) in [5.74, 6) is 1.11. The lowest BCUT2D eigenvalue weighted by Gasteiger charge is -2.09. The van der Waals surface area contributed by atoms with E-state index in [0.717, 1.165) is 18.7 Å². The molecule has 2 heterocycles. The number of nitrogens with zero attached hydrogens (tertiary/aromatic N) is 1. The van der Waals surface area contributed by atoms with Gasteiger partial charge in [-0.15, -0.1) is 0 Å². The van der Waals surface area contributed by atoms with Crippen LogP contribution in [0.1, 0.15) is 36.5 Å². The summed E-state index contributed by atoms with van der Waals surface area (Å²) < 4.78 is 10.6. The minimum atomic E-state index is -0.210. The average Bonchev–Trinajstić information content (AvgIpc) is 3.07. The number of nitrogens with one attached hydrogen (secondary N) is 2. The van der Waals surface area contributed by atoms with Crippen LogP contribution in [0.25, 0.3) is 0 Å². The van der Waals surface area contributed by atoms with Crippen molar-refractivity contribution in [3.05, 3.63) is 42.2 Å². The van der Waals surface area contributed by atoms with Crippen LogP contribution in [0.2, 0.25) is 0 Å². The highest BCUT2D eigenvalue weighted by Crippen LogP contribution is 2.34. The summed E-state index contributed by atoms with van der Waals surface area (Å²) >= 11 is 0. The summed E-state index contributed by atoms with van der Waals surface area (Å²) in [4.78, 5) is 16.5. The number of unbranched alkanes of at least 4 members (excludes halogenated alkanes) is 2. The van der Waals surface area contributed by atoms with E-state index in [-0.39, 0.29) is 12.7 Å². The van der Waals surface area contributed by atoms with Gasteiger partial charge in [0.25, 0.3) is 5.91 Å². The molecule has 0 unspecified atom stereocenters. The monoisotopic (exact) mass is 327 g/mol. The molecule has 0 bridgehead atoms. The Morgan fingerprint density at radius 3 is 2.88 bits per heavy atom. The molecule has 2 N–H and O–H groups in total. The molecule has 0 saturated heterocycles. The molecule has 0 radical (unpaired) electrons. The Morgan fingerprint density at radius 2 is 2.00 bits per heavy atom. The number of pyridine rings is 1. The molecule has 0 saturated carbocycles. The molecule has 0 aliphatic carbocycles. The predicted molar refractivity (Wildman–Crippen MR) is 92.8 cm³/mol. The van der Waals surface area contributed by atoms with Crippen LogP contribution in [-0.2, 0) is 0 Å². The molecule has 24 heavy (non-hydrogen) atoms. The molecule has 126 valence electrons. The zero-order valence-corrected chi connectivity index (χ0v) is 13.7. The van der Waals surface area contributed by atoms with Crippen LogP contribution in [0, 0.1) is 0 Å². The molecule has 1 aromatic carbocycles. The number of hydrogen-bond donors (Lipinski definition) is 2. The zero-order valence-electron chi connectivity index (χ0n) is 13.7. The maximum absolute atomic E-state index is 12.4. The van der Waals surface area contributed by atoms with Gasteiger partial charge in [0, 0.05) is 30.7 Å². The standard InChI is InChI=1S/C18H21N3O3/c1-2-3-4-7-20-15-8-13(10-19-11-15)18(22)21-14-5-6-16-17(9-14)24-12-23-16/h5-6,8-11,20H,2-4,7,12H2,1H3,(H,21,22). The van der Waals surface area contributed by atoms with Crippen LogP contribution < -0.4 is 20.1 Å². The van der Waals surface area contributed by atoms with Gasteiger partial charge in [-0.05, 0) is 24.6 Å². The average molecular weight is 327 g/mol. The van der Waals surface area contributed by atoms with E-state index in [2.05, 4.69) is 22.5 Å². The Morgan fingerprint density at radius 1 is 1.12 bits per heavy atom. The van der Waals surface area contributed by atoms with E-state index < -0.39 is 0 Å². The highest BCUT2D eigenvalue weighted by Gasteiger charge is 2.15. The van der Waals surface area contributed by atoms with E-state index in [9.17, 15) is 4.79 Å². The van der Waals surface area contributed by atoms with Gasteiger partial charge in [0.2, 0.25) is 6.79 Å². The first kappa shape index (κ1) is 16.1. The summed E-state index contributed by atoms with van der Waals surface area (Å²) in [6, 6.07) is 7.12. The molecule has 3 rings (SSSR count). The van der Waals surface area contributed by atoms with Gasteiger partial charge < -0.3 is 20.1 Å². The van der Waals surface area contributed by atoms with Crippen LogP contribution in [0.4, 0.5) is 11.4 Å². The van der Waals surface area contributed by atoms with Gasteiger partial charge in [-0.25, -0.2) is 0 Å². The fourth-order valence-corrected chi connectivity index (χ4v) is 2.45. The molecule has 1 amide bonds. The Balaban J connectivity index is 1.62. The number of fused-ring (bicyclic) bond motifs is 1. The normalized spacial score (nSPS) is 12.0. The SMILES string of the molecule is CCCCCNc1cncc(C(=O)Nc2ccc3c(c2)OCO3)c1. The molecule has 0 spiro atoms. The maximum Gasteiger partial charge on any atom is 0.257 e. The Kier molecular flexibility index (Phi) is 5.15. The molecule has 1 aromatic heterocycles. The zero-order chi connectivity index (χ0) is 16.8. The number of amides is 1. The van der Waals surface area contributed by atoms with Gasteiger partial charge in [0.15, 0.2) is 11.5 Å². The molecule has 1 aliphatic heterocycles. The van der Waals surface area contributed by atoms with E-state index in [1.807, 2.05) is 0 Å². The van der Waals surface area contributed by atoms with Crippen LogP contribution >= 0.6 is 0 Å². The number of anilines is 2. The first-order valence-electron chi connectivity index (χ1n) is 8.16. The van der Waals surface area contributed by atoms with Crippen molar-refractivity contribution in [2.75, 3.05) is 24.0 Å². The van der Waals surface area contributed by atoms with E-state index in [1.165, 1.54) is 12.8 Å². The van der Waals surface area contributed by atoms with E-state index in [0.29, 0.717) is 22.7 Å². The maximum atomic E-state index is 12.4. The fourth-order valence-electron chi connectivity index (χ4n) is 2.45. The van der Waals surface area contributed by atoms with Crippen molar-refractivity contribution in [1.29, 1.82) is 0 Å². The van der Waals surface area contributed by atoms with Crippen molar-refractivity contribution in [1.82, 2.24) is 4.98 Å². The summed E-state index contributed by atoms with van der Waals surface area (Å²) in [6.07, 6.45) is 6.75. The van der Waals surface area contributed by atoms with Crippen molar-refractivity contribution < 1.29 is 14.3 Å². The molecular formula is C18H21N3O3. The Labute approximate surface area is 141 Å². The molecule has 0 atom stereocenters. The van der Waals surface area contributed by atoms with Crippen molar-refractivity contribution in [3.63, 3.8) is 0 Å². The third-order valence-electron chi connectivity index (χ3n) is 3.74. The summed E-state index contributed by atoms with van der Waals surface area (Å²) in [7, 11) is 0. The number of carbonyl (C=O) groups is 1. The highest BCUT2D eigenvalue weighted by atomic mass is 16.7. The highest BCUT2D eigenvalue weighted by molar-refractivity contribution is 6.04. The predicted octanol–water partition coefficient (Wildman–Crippen LogP) is 3.66. The third-order valence-corrected chi connectivity index (χ3v) is 3.74. The van der Waals surface area contributed by atoms with Gasteiger partial charge in [0.05, 0.1) is 11.3 Å². The van der Waals surface area contributed by atoms with Gasteiger partial charge in [-0.2, -0.15) is 0 Å². The van der Waals surface area contributed by atoms with Crippen molar-refractivity contribution in [2.24, 2.45) is 0 Å². The fraction of sp³-hybridized carbons (Fsp3) is 0.333. The molecule has 6 heteroatoms. The number of ether oxygens (including phenoxy) is 2. The second-order valence-corrected chi connectivity index (χ2v) is 5.62. The third kappa shape index (κ3) is 3.95.